The monoisotopic (exact) mass is 686 g/mol. The highest BCUT2D eigenvalue weighted by molar-refractivity contribution is 6.14. The summed E-state index contributed by atoms with van der Waals surface area (Å²) in [6, 6.07) is 21.7. The number of hydrogen-bond donors (Lipinski definition) is 2. The molecule has 7 heteroatoms. The lowest BCUT2D eigenvalue weighted by Crippen LogP contribution is -2.67. The molecule has 6 aliphatic carbocycles. The molecule has 1 aromatic heterocycles. The van der Waals surface area contributed by atoms with Crippen LogP contribution in [0.2, 0.25) is 0 Å². The first-order valence-corrected chi connectivity index (χ1v) is 19.1. The molecule has 2 spiro atoms. The zero-order chi connectivity index (χ0) is 35.2. The minimum absolute atomic E-state index is 0.0808. The zero-order valence-electron chi connectivity index (χ0n) is 29.9. The molecule has 0 radical (unpaired) electrons. The highest BCUT2D eigenvalue weighted by Crippen LogP contribution is 2.78. The Morgan fingerprint density at radius 1 is 0.824 bits per heavy atom. The fraction of sp³-hybridized carbons (Fsp3) is 0.500. The van der Waals surface area contributed by atoms with Crippen LogP contribution in [0.25, 0.3) is 11.1 Å². The van der Waals surface area contributed by atoms with E-state index in [-0.39, 0.29) is 34.4 Å². The normalized spacial score (nSPS) is 38.5. The van der Waals surface area contributed by atoms with Crippen molar-refractivity contribution in [2.24, 2.45) is 33.5 Å². The Bertz CT molecular complexity index is 1910. The van der Waals surface area contributed by atoms with Gasteiger partial charge in [-0.15, -0.1) is 0 Å². The lowest BCUT2D eigenvalue weighted by atomic mass is 9.32. The molecule has 2 heterocycles. The highest BCUT2D eigenvalue weighted by Gasteiger charge is 2.74. The van der Waals surface area contributed by atoms with Crippen molar-refractivity contribution in [2.45, 2.75) is 70.5 Å². The van der Waals surface area contributed by atoms with Crippen molar-refractivity contribution in [2.75, 3.05) is 32.7 Å². The van der Waals surface area contributed by atoms with E-state index >= 15 is 4.79 Å². The third-order valence-electron chi connectivity index (χ3n) is 15.1. The maximum absolute atomic E-state index is 15.4. The lowest BCUT2D eigenvalue weighted by molar-refractivity contribution is -0.176. The molecular weight excluding hydrogens is 636 g/mol. The lowest BCUT2D eigenvalue weighted by Gasteiger charge is -2.71. The number of aliphatic hydroxyl groups excluding tert-OH is 1. The summed E-state index contributed by atoms with van der Waals surface area (Å²) in [5.41, 5.74) is 1.28. The van der Waals surface area contributed by atoms with Crippen LogP contribution in [0.3, 0.4) is 0 Å². The zero-order valence-corrected chi connectivity index (χ0v) is 29.9. The van der Waals surface area contributed by atoms with Crippen LogP contribution in [-0.2, 0) is 0 Å². The number of piperazine rings is 1. The van der Waals surface area contributed by atoms with E-state index in [0.717, 1.165) is 54.4 Å². The van der Waals surface area contributed by atoms with Gasteiger partial charge in [0.25, 0.3) is 5.91 Å². The number of ketones is 1. The Labute approximate surface area is 301 Å². The molecule has 8 atom stereocenters. The van der Waals surface area contributed by atoms with Crippen molar-refractivity contribution in [1.29, 1.82) is 0 Å². The average Bonchev–Trinajstić information content (AvgIpc) is 3.78. The average molecular weight is 687 g/mol. The van der Waals surface area contributed by atoms with Gasteiger partial charge in [0, 0.05) is 60.1 Å². The van der Waals surface area contributed by atoms with E-state index in [4.69, 9.17) is 4.42 Å². The van der Waals surface area contributed by atoms with E-state index in [1.54, 1.807) is 12.1 Å². The topological polar surface area (TPSA) is 94.2 Å². The minimum Gasteiger partial charge on any atom is -0.459 e. The highest BCUT2D eigenvalue weighted by atomic mass is 16.3. The predicted molar refractivity (Wildman–Crippen MR) is 196 cm³/mol. The van der Waals surface area contributed by atoms with Crippen LogP contribution >= 0.6 is 0 Å². The second-order valence-electron chi connectivity index (χ2n) is 17.1. The molecule has 4 fully saturated rings. The van der Waals surface area contributed by atoms with Gasteiger partial charge in [0.1, 0.15) is 0 Å². The summed E-state index contributed by atoms with van der Waals surface area (Å²) < 4.78 is 5.37. The minimum atomic E-state index is -0.926. The second kappa shape index (κ2) is 11.6. The van der Waals surface area contributed by atoms with Crippen molar-refractivity contribution in [3.63, 3.8) is 0 Å². The van der Waals surface area contributed by atoms with Gasteiger partial charge in [0.15, 0.2) is 11.5 Å². The van der Waals surface area contributed by atoms with Gasteiger partial charge >= 0.3 is 0 Å². The van der Waals surface area contributed by atoms with Crippen LogP contribution in [0.5, 0.6) is 0 Å². The number of fused-ring (bicyclic) bond motifs is 1. The fourth-order valence-electron chi connectivity index (χ4n) is 12.3. The molecule has 3 aromatic rings. The maximum atomic E-state index is 15.4. The molecule has 2 bridgehead atoms. The molecule has 2 N–H and O–H groups in total. The first kappa shape index (κ1) is 33.1. The van der Waals surface area contributed by atoms with Gasteiger partial charge in [-0.05, 0) is 85.5 Å². The van der Waals surface area contributed by atoms with Crippen molar-refractivity contribution >= 4 is 11.7 Å². The molecule has 2 aromatic carbocycles. The van der Waals surface area contributed by atoms with Gasteiger partial charge in [0.2, 0.25) is 0 Å². The first-order chi connectivity index (χ1) is 24.5. The van der Waals surface area contributed by atoms with Gasteiger partial charge in [-0.2, -0.15) is 0 Å². The molecule has 266 valence electrons. The van der Waals surface area contributed by atoms with E-state index in [1.807, 2.05) is 41.3 Å². The Kier molecular flexibility index (Phi) is 7.53. The van der Waals surface area contributed by atoms with E-state index in [9.17, 15) is 15.0 Å². The second-order valence-corrected chi connectivity index (χ2v) is 17.1. The number of carbonyl (C=O) groups is 2. The molecule has 3 saturated carbocycles. The number of benzene rings is 2. The van der Waals surface area contributed by atoms with Crippen LogP contribution in [-0.4, -0.2) is 76.1 Å². The number of nitrogens with zero attached hydrogens (tertiary/aromatic N) is 2. The largest absolute Gasteiger partial charge is 0.459 e. The van der Waals surface area contributed by atoms with E-state index in [2.05, 4.69) is 55.2 Å². The summed E-state index contributed by atoms with van der Waals surface area (Å²) in [5, 5.41) is 24.0. The quantitative estimate of drug-likeness (QED) is 0.211. The number of furan rings is 1. The SMILES string of the molecule is C[C@]12CC[C@H]3[C@]4(C=C[C@@]5(C=C4C(=O)c4ccccc4-c4ccccc4)CC(O)CC[C@]35C)[C@@H]1CC[C@@]2(O)CN1CCN(C(=O)c2ccco2)CC1. The summed E-state index contributed by atoms with van der Waals surface area (Å²) in [4.78, 5) is 32.5. The van der Waals surface area contributed by atoms with Gasteiger partial charge in [-0.1, -0.05) is 86.7 Å². The summed E-state index contributed by atoms with van der Waals surface area (Å²) >= 11 is 0. The number of amides is 1. The summed E-state index contributed by atoms with van der Waals surface area (Å²) in [7, 11) is 0. The van der Waals surface area contributed by atoms with Crippen molar-refractivity contribution in [1.82, 2.24) is 9.80 Å². The van der Waals surface area contributed by atoms with E-state index < -0.39 is 22.5 Å². The molecule has 7 nitrogen and oxygen atoms in total. The van der Waals surface area contributed by atoms with Crippen LogP contribution in [0.4, 0.5) is 0 Å². The molecule has 10 rings (SSSR count). The number of rotatable bonds is 6. The predicted octanol–water partition coefficient (Wildman–Crippen LogP) is 7.18. The standard InChI is InChI=1S/C44H50N2O5/c1-40-17-14-31(47)27-42(40)20-21-44(34(28-42)38(48)33-12-7-6-11-32(33)30-9-4-3-5-10-30)36(40)15-18-41(2)37(44)16-19-43(41,50)29-45-22-24-46(25-23-45)39(49)35-13-8-26-51-35/h3-13,20-21,26,28,31,36-37,47,50H,14-19,22-25,27,29H2,1-2H3/t31?,36-,37-,40-,41+,42+,43-,44-/m1/s1. The molecule has 1 amide bonds. The van der Waals surface area contributed by atoms with E-state index in [0.29, 0.717) is 51.3 Å². The maximum Gasteiger partial charge on any atom is 0.289 e. The molecule has 51 heavy (non-hydrogen) atoms. The number of carbonyl (C=O) groups excluding carboxylic acids is 2. The van der Waals surface area contributed by atoms with Crippen LogP contribution in [0.1, 0.15) is 79.7 Å². The molecule has 1 unspecified atom stereocenters. The Morgan fingerprint density at radius 3 is 2.29 bits per heavy atom. The Hall–Kier alpha value is -3.78. The number of aliphatic hydroxyl groups is 2. The number of β-amino-alcohol motifs (C(OH)–C–C–N with tert-alkyl or cyclic N) is 1. The van der Waals surface area contributed by atoms with Gasteiger partial charge in [-0.3, -0.25) is 14.5 Å². The fourth-order valence-corrected chi connectivity index (χ4v) is 12.3. The van der Waals surface area contributed by atoms with Gasteiger partial charge in [-0.25, -0.2) is 0 Å². The van der Waals surface area contributed by atoms with Crippen LogP contribution in [0, 0.1) is 33.5 Å². The van der Waals surface area contributed by atoms with Crippen LogP contribution < -0.4 is 0 Å². The summed E-state index contributed by atoms with van der Waals surface area (Å²) in [6.07, 6.45) is 14.0. The molecule has 7 aliphatic rings. The summed E-state index contributed by atoms with van der Waals surface area (Å²) in [6.45, 7) is 7.90. The number of allylic oxidation sites excluding steroid dienone is 4. The van der Waals surface area contributed by atoms with Gasteiger partial charge < -0.3 is 19.5 Å². The third kappa shape index (κ3) is 4.60. The molecule has 1 saturated heterocycles. The molecule has 1 aliphatic heterocycles. The Balaban J connectivity index is 1.08. The summed E-state index contributed by atoms with van der Waals surface area (Å²) in [5.74, 6) is 0.706. The van der Waals surface area contributed by atoms with Crippen molar-refractivity contribution < 1.29 is 24.2 Å². The van der Waals surface area contributed by atoms with Crippen LogP contribution in [0.15, 0.2) is 101 Å². The molecular formula is C44H50N2O5. The van der Waals surface area contributed by atoms with Crippen molar-refractivity contribution in [3.8, 4) is 11.1 Å². The van der Waals surface area contributed by atoms with Gasteiger partial charge in [0.05, 0.1) is 18.0 Å². The van der Waals surface area contributed by atoms with Crippen molar-refractivity contribution in [3.05, 3.63) is 108 Å². The third-order valence-corrected chi connectivity index (χ3v) is 15.1. The van der Waals surface area contributed by atoms with E-state index in [1.165, 1.54) is 6.26 Å². The number of hydrogen-bond acceptors (Lipinski definition) is 6. The Morgan fingerprint density at radius 2 is 1.53 bits per heavy atom. The first-order valence-electron chi connectivity index (χ1n) is 19.1. The number of Topliss-reactive ketones (excluding diaryl/α,β-unsaturated/α-hetero) is 1. The smallest absolute Gasteiger partial charge is 0.289 e.